The average molecular weight is 325 g/mol. The topological polar surface area (TPSA) is 30.2 Å². The van der Waals surface area contributed by atoms with Crippen molar-refractivity contribution in [2.75, 3.05) is 0 Å². The van der Waals surface area contributed by atoms with E-state index in [1.54, 1.807) is 0 Å². The standard InChI is InChI=1S/C22H19N3/c1-15(2)21-13-23-22-12-11-17(14-25(21)22)18-8-4-5-9-19(18)20-10-6-7-16(3)24-20/h4-14H,1H2,2-3H3. The van der Waals surface area contributed by atoms with Crippen molar-refractivity contribution in [3.8, 4) is 22.4 Å². The summed E-state index contributed by atoms with van der Waals surface area (Å²) in [5.74, 6) is 0. The highest BCUT2D eigenvalue weighted by molar-refractivity contribution is 5.82. The SMILES string of the molecule is C=C(C)c1cnc2ccc(-c3ccccc3-c3cccc(C)n3)cn12. The monoisotopic (exact) mass is 325 g/mol. The fourth-order valence-electron chi connectivity index (χ4n) is 3.11. The summed E-state index contributed by atoms with van der Waals surface area (Å²) in [6, 6.07) is 18.6. The molecule has 25 heavy (non-hydrogen) atoms. The first-order chi connectivity index (χ1) is 12.1. The van der Waals surface area contributed by atoms with Crippen LogP contribution in [0.2, 0.25) is 0 Å². The van der Waals surface area contributed by atoms with Gasteiger partial charge in [0.25, 0.3) is 0 Å². The highest BCUT2D eigenvalue weighted by atomic mass is 15.0. The highest BCUT2D eigenvalue weighted by Crippen LogP contribution is 2.31. The largest absolute Gasteiger partial charge is 0.299 e. The fourth-order valence-corrected chi connectivity index (χ4v) is 3.11. The maximum atomic E-state index is 4.69. The van der Waals surface area contributed by atoms with Gasteiger partial charge in [-0.1, -0.05) is 36.9 Å². The van der Waals surface area contributed by atoms with E-state index < -0.39 is 0 Å². The molecule has 3 nitrogen and oxygen atoms in total. The van der Waals surface area contributed by atoms with Crippen LogP contribution < -0.4 is 0 Å². The van der Waals surface area contributed by atoms with Gasteiger partial charge in [-0.15, -0.1) is 0 Å². The molecule has 0 amide bonds. The van der Waals surface area contributed by atoms with Gasteiger partial charge in [0.05, 0.1) is 17.6 Å². The van der Waals surface area contributed by atoms with E-state index in [1.807, 2.05) is 38.2 Å². The summed E-state index contributed by atoms with van der Waals surface area (Å²) in [5, 5.41) is 0. The van der Waals surface area contributed by atoms with Gasteiger partial charge in [0.2, 0.25) is 0 Å². The maximum absolute atomic E-state index is 4.69. The predicted molar refractivity (Wildman–Crippen MR) is 103 cm³/mol. The number of aryl methyl sites for hydroxylation is 1. The zero-order chi connectivity index (χ0) is 17.4. The number of allylic oxidation sites excluding steroid dienone is 1. The van der Waals surface area contributed by atoms with Gasteiger partial charge in [-0.3, -0.25) is 9.38 Å². The third kappa shape index (κ3) is 2.74. The zero-order valence-corrected chi connectivity index (χ0v) is 14.4. The van der Waals surface area contributed by atoms with E-state index in [4.69, 9.17) is 4.98 Å². The Balaban J connectivity index is 1.92. The first kappa shape index (κ1) is 15.3. The summed E-state index contributed by atoms with van der Waals surface area (Å²) < 4.78 is 2.10. The Morgan fingerprint density at radius 1 is 0.960 bits per heavy atom. The quantitative estimate of drug-likeness (QED) is 0.504. The minimum Gasteiger partial charge on any atom is -0.299 e. The summed E-state index contributed by atoms with van der Waals surface area (Å²) in [7, 11) is 0. The van der Waals surface area contributed by atoms with Crippen molar-refractivity contribution in [3.05, 3.63) is 85.0 Å². The van der Waals surface area contributed by atoms with E-state index in [0.717, 1.165) is 45.0 Å². The number of pyridine rings is 2. The molecule has 1 aromatic carbocycles. The van der Waals surface area contributed by atoms with Gasteiger partial charge < -0.3 is 0 Å². The summed E-state index contributed by atoms with van der Waals surface area (Å²) in [4.78, 5) is 9.15. The highest BCUT2D eigenvalue weighted by Gasteiger charge is 2.11. The number of nitrogens with zero attached hydrogens (tertiary/aromatic N) is 3. The van der Waals surface area contributed by atoms with Gasteiger partial charge in [-0.25, -0.2) is 4.98 Å². The predicted octanol–water partition coefficient (Wildman–Crippen LogP) is 5.40. The van der Waals surface area contributed by atoms with Crippen LogP contribution in [0.15, 0.2) is 73.6 Å². The maximum Gasteiger partial charge on any atom is 0.137 e. The lowest BCUT2D eigenvalue weighted by atomic mass is 9.98. The molecule has 0 atom stereocenters. The summed E-state index contributed by atoms with van der Waals surface area (Å²) in [5.41, 5.74) is 8.37. The van der Waals surface area contributed by atoms with Crippen molar-refractivity contribution in [2.24, 2.45) is 0 Å². The molecule has 0 saturated heterocycles. The molecule has 0 aliphatic rings. The third-order valence-electron chi connectivity index (χ3n) is 4.35. The molecule has 3 heteroatoms. The van der Waals surface area contributed by atoms with Crippen molar-refractivity contribution in [1.82, 2.24) is 14.4 Å². The van der Waals surface area contributed by atoms with Crippen LogP contribution >= 0.6 is 0 Å². The minimum atomic E-state index is 0.924. The average Bonchev–Trinajstić information content (AvgIpc) is 3.05. The second kappa shape index (κ2) is 6.02. The van der Waals surface area contributed by atoms with Crippen LogP contribution in [0.4, 0.5) is 0 Å². The second-order valence-electron chi connectivity index (χ2n) is 6.28. The molecular weight excluding hydrogens is 306 g/mol. The lowest BCUT2D eigenvalue weighted by Crippen LogP contribution is -1.93. The van der Waals surface area contributed by atoms with E-state index in [-0.39, 0.29) is 0 Å². The molecular formula is C22H19N3. The first-order valence-corrected chi connectivity index (χ1v) is 8.30. The molecule has 4 aromatic rings. The van der Waals surface area contributed by atoms with Crippen molar-refractivity contribution < 1.29 is 0 Å². The molecule has 3 aromatic heterocycles. The van der Waals surface area contributed by atoms with Gasteiger partial charge in [0, 0.05) is 17.5 Å². The van der Waals surface area contributed by atoms with E-state index in [2.05, 4.69) is 58.6 Å². The number of hydrogen-bond acceptors (Lipinski definition) is 2. The first-order valence-electron chi connectivity index (χ1n) is 8.30. The number of rotatable bonds is 3. The van der Waals surface area contributed by atoms with Crippen LogP contribution in [-0.4, -0.2) is 14.4 Å². The Morgan fingerprint density at radius 3 is 2.52 bits per heavy atom. The Hall–Kier alpha value is -3.20. The van der Waals surface area contributed by atoms with Gasteiger partial charge in [0.15, 0.2) is 0 Å². The molecule has 0 radical (unpaired) electrons. The smallest absolute Gasteiger partial charge is 0.137 e. The second-order valence-corrected chi connectivity index (χ2v) is 6.28. The van der Waals surface area contributed by atoms with E-state index in [1.165, 1.54) is 0 Å². The Kier molecular flexibility index (Phi) is 3.69. The lowest BCUT2D eigenvalue weighted by molar-refractivity contribution is 1.15. The molecule has 0 unspecified atom stereocenters. The van der Waals surface area contributed by atoms with Gasteiger partial charge in [0.1, 0.15) is 5.65 Å². The molecule has 0 aliphatic heterocycles. The Labute approximate surface area is 147 Å². The van der Waals surface area contributed by atoms with Crippen LogP contribution in [0.5, 0.6) is 0 Å². The van der Waals surface area contributed by atoms with Gasteiger partial charge in [-0.2, -0.15) is 0 Å². The van der Waals surface area contributed by atoms with Gasteiger partial charge in [-0.05, 0) is 54.8 Å². The number of hydrogen-bond donors (Lipinski definition) is 0. The number of benzene rings is 1. The Morgan fingerprint density at radius 2 is 1.76 bits per heavy atom. The minimum absolute atomic E-state index is 0.924. The molecule has 4 rings (SSSR count). The zero-order valence-electron chi connectivity index (χ0n) is 14.4. The Bertz CT molecular complexity index is 1090. The van der Waals surface area contributed by atoms with E-state index in [9.17, 15) is 0 Å². The molecule has 0 N–H and O–H groups in total. The lowest BCUT2D eigenvalue weighted by Gasteiger charge is -2.11. The molecule has 0 spiro atoms. The number of aromatic nitrogens is 3. The summed E-state index contributed by atoms with van der Waals surface area (Å²) >= 11 is 0. The molecule has 3 heterocycles. The third-order valence-corrected chi connectivity index (χ3v) is 4.35. The number of imidazole rings is 1. The molecule has 0 saturated carbocycles. The van der Waals surface area contributed by atoms with Crippen molar-refractivity contribution in [2.45, 2.75) is 13.8 Å². The summed E-state index contributed by atoms with van der Waals surface area (Å²) in [6.45, 7) is 8.07. The molecule has 0 aliphatic carbocycles. The summed E-state index contributed by atoms with van der Waals surface area (Å²) in [6.07, 6.45) is 4.00. The van der Waals surface area contributed by atoms with Crippen molar-refractivity contribution >= 4 is 11.2 Å². The van der Waals surface area contributed by atoms with Crippen LogP contribution in [0, 0.1) is 6.92 Å². The number of fused-ring (bicyclic) bond motifs is 1. The van der Waals surface area contributed by atoms with Gasteiger partial charge >= 0.3 is 0 Å². The van der Waals surface area contributed by atoms with Crippen molar-refractivity contribution in [1.29, 1.82) is 0 Å². The van der Waals surface area contributed by atoms with Crippen molar-refractivity contribution in [3.63, 3.8) is 0 Å². The molecule has 0 fully saturated rings. The van der Waals surface area contributed by atoms with Crippen LogP contribution in [0.1, 0.15) is 18.3 Å². The fraction of sp³-hybridized carbons (Fsp3) is 0.0909. The van der Waals surface area contributed by atoms with Crippen LogP contribution in [0.3, 0.4) is 0 Å². The normalized spacial score (nSPS) is 11.0. The van der Waals surface area contributed by atoms with Crippen LogP contribution in [-0.2, 0) is 0 Å². The van der Waals surface area contributed by atoms with Crippen LogP contribution in [0.25, 0.3) is 33.6 Å². The van der Waals surface area contributed by atoms with E-state index in [0.29, 0.717) is 0 Å². The van der Waals surface area contributed by atoms with E-state index >= 15 is 0 Å². The molecule has 122 valence electrons. The molecule has 0 bridgehead atoms.